The van der Waals surface area contributed by atoms with Crippen LogP contribution in [0.2, 0.25) is 0 Å². The summed E-state index contributed by atoms with van der Waals surface area (Å²) in [6.45, 7) is 18.0. The zero-order valence-corrected chi connectivity index (χ0v) is 56.0. The fourth-order valence-electron chi connectivity index (χ4n) is 10.5. The Bertz CT molecular complexity index is 3640. The minimum atomic E-state index is -1.38. The number of amides is 10. The zero-order chi connectivity index (χ0) is 69.7. The highest BCUT2D eigenvalue weighted by Gasteiger charge is 2.35. The molecule has 2 aromatic heterocycles. The van der Waals surface area contributed by atoms with Crippen LogP contribution in [-0.4, -0.2) is 148 Å². The average Bonchev–Trinajstić information content (AvgIpc) is 1.74. The molecule has 6 aromatic rings. The summed E-state index contributed by atoms with van der Waals surface area (Å²) in [5.41, 5.74) is 3.42. The van der Waals surface area contributed by atoms with E-state index in [2.05, 4.69) is 63.1 Å². The van der Waals surface area contributed by atoms with Gasteiger partial charge in [0.05, 0.1) is 7.11 Å². The van der Waals surface area contributed by atoms with Crippen molar-refractivity contribution in [1.82, 2.24) is 63.1 Å². The van der Waals surface area contributed by atoms with Gasteiger partial charge in [-0.3, -0.25) is 43.2 Å². The van der Waals surface area contributed by atoms with E-state index in [0.717, 1.165) is 32.9 Å². The van der Waals surface area contributed by atoms with E-state index in [9.17, 15) is 52.7 Å². The van der Waals surface area contributed by atoms with Crippen LogP contribution in [0.25, 0.3) is 21.8 Å². The zero-order valence-electron chi connectivity index (χ0n) is 56.0. The third-order valence-electron chi connectivity index (χ3n) is 15.5. The van der Waals surface area contributed by atoms with E-state index in [1.807, 2.05) is 82.3 Å². The Labute approximate surface area is 553 Å². The molecule has 4 aromatic carbocycles. The lowest BCUT2D eigenvalue weighted by Gasteiger charge is -2.27. The second-order valence-corrected chi connectivity index (χ2v) is 25.7. The van der Waals surface area contributed by atoms with Crippen LogP contribution >= 0.6 is 0 Å². The number of carbonyl (C=O) groups excluding carboxylic acids is 11. The normalized spacial score (nSPS) is 14.6. The van der Waals surface area contributed by atoms with Crippen molar-refractivity contribution in [2.45, 2.75) is 181 Å². The number of ether oxygens (including phenoxy) is 2. The lowest BCUT2D eigenvalue weighted by molar-refractivity contribution is -0.145. The van der Waals surface area contributed by atoms with E-state index < -0.39 is 131 Å². The number of aromatic amines is 2. The number of hydrogen-bond acceptors (Lipinski definition) is 13. The first-order chi connectivity index (χ1) is 45.0. The second-order valence-electron chi connectivity index (χ2n) is 25.7. The van der Waals surface area contributed by atoms with Crippen molar-refractivity contribution in [3.63, 3.8) is 0 Å². The minimum absolute atomic E-state index is 0.0341. The van der Waals surface area contributed by atoms with Gasteiger partial charge in [-0.15, -0.1) is 0 Å². The van der Waals surface area contributed by atoms with Gasteiger partial charge in [0.25, 0.3) is 0 Å². The molecule has 10 amide bonds. The molecule has 0 unspecified atom stereocenters. The highest BCUT2D eigenvalue weighted by molar-refractivity contribution is 5.99. The van der Waals surface area contributed by atoms with Gasteiger partial charge in [0, 0.05) is 59.9 Å². The highest BCUT2D eigenvalue weighted by atomic mass is 16.6. The summed E-state index contributed by atoms with van der Waals surface area (Å²) in [6.07, 6.45) is 2.80. The molecule has 0 saturated carbocycles. The Morgan fingerprint density at radius 2 is 0.674 bits per heavy atom. The summed E-state index contributed by atoms with van der Waals surface area (Å²) >= 11 is 0. The minimum Gasteiger partial charge on any atom is -0.467 e. The Balaban J connectivity index is 1.14. The molecule has 0 aliphatic heterocycles. The van der Waals surface area contributed by atoms with Gasteiger partial charge in [0.15, 0.2) is 0 Å². The SMILES string of the molecule is COC(=O)[C@H](Cc1ccccc1)NC(=O)[C@H](C)NC(=O)[C@H](CC(C)C)NC(=O)[C@H](C)NC(=O)[C@H](Cc1c[nH]c2ccccc12)NC(=O)[C@H](Cc1ccccc1)NC(=O)[C@H](C)NC(=O)[C@H](CC(C)C)NC(=O)[C@H](C)NC(=O)[C@H](Cc1c[nH]c2ccccc12)NC(=O)OC(C)(C)C. The van der Waals surface area contributed by atoms with Crippen molar-refractivity contribution >= 4 is 87.0 Å². The topological polar surface area (TPSA) is 358 Å². The van der Waals surface area contributed by atoms with Crippen molar-refractivity contribution < 1.29 is 62.2 Å². The summed E-state index contributed by atoms with van der Waals surface area (Å²) in [5, 5.41) is 28.5. The summed E-state index contributed by atoms with van der Waals surface area (Å²) in [6, 6.07) is 20.1. The van der Waals surface area contributed by atoms with Gasteiger partial charge in [-0.25, -0.2) is 9.59 Å². The lowest BCUT2D eigenvalue weighted by atomic mass is 10.0. The number of alkyl carbamates (subject to hydrolysis) is 1. The molecular formula is C70H92N12O13. The molecule has 25 nitrogen and oxygen atoms in total. The number of methoxy groups -OCH3 is 1. The molecule has 0 aliphatic rings. The van der Waals surface area contributed by atoms with E-state index in [0.29, 0.717) is 11.1 Å². The van der Waals surface area contributed by atoms with Crippen molar-refractivity contribution in [2.75, 3.05) is 7.11 Å². The molecule has 6 rings (SSSR count). The maximum absolute atomic E-state index is 14.8. The number of H-pyrrole nitrogens is 2. The van der Waals surface area contributed by atoms with Gasteiger partial charge in [-0.05, 0) is 108 Å². The lowest BCUT2D eigenvalue weighted by Crippen LogP contribution is -2.60. The number of esters is 1. The summed E-state index contributed by atoms with van der Waals surface area (Å²) in [7, 11) is 1.20. The number of benzene rings is 4. The van der Waals surface area contributed by atoms with Gasteiger partial charge in [-0.2, -0.15) is 0 Å². The predicted octanol–water partition coefficient (Wildman–Crippen LogP) is 4.52. The number of carbonyl (C=O) groups is 11. The summed E-state index contributed by atoms with van der Waals surface area (Å²) in [4.78, 5) is 159. The highest BCUT2D eigenvalue weighted by Crippen LogP contribution is 2.22. The molecule has 0 saturated heterocycles. The monoisotopic (exact) mass is 1310 g/mol. The molecule has 0 radical (unpaired) electrons. The van der Waals surface area contributed by atoms with E-state index in [-0.39, 0.29) is 50.4 Å². The maximum Gasteiger partial charge on any atom is 0.408 e. The largest absolute Gasteiger partial charge is 0.467 e. The maximum atomic E-state index is 14.8. The molecule has 25 heteroatoms. The number of aromatic nitrogens is 2. The number of rotatable bonds is 32. The molecule has 10 atom stereocenters. The third kappa shape index (κ3) is 22.9. The van der Waals surface area contributed by atoms with Crippen LogP contribution < -0.4 is 53.2 Å². The number of para-hydroxylation sites is 2. The van der Waals surface area contributed by atoms with E-state index in [1.165, 1.54) is 34.8 Å². The van der Waals surface area contributed by atoms with Crippen LogP contribution in [0.15, 0.2) is 122 Å². The van der Waals surface area contributed by atoms with Gasteiger partial charge in [0.2, 0.25) is 53.2 Å². The number of nitrogens with one attached hydrogen (secondary N) is 12. The van der Waals surface area contributed by atoms with Crippen LogP contribution in [0.4, 0.5) is 4.79 Å². The molecule has 510 valence electrons. The first-order valence-electron chi connectivity index (χ1n) is 32.0. The predicted molar refractivity (Wildman–Crippen MR) is 358 cm³/mol. The molecule has 0 aliphatic carbocycles. The molecule has 12 N–H and O–H groups in total. The van der Waals surface area contributed by atoms with Crippen LogP contribution in [0, 0.1) is 11.8 Å². The van der Waals surface area contributed by atoms with Crippen LogP contribution in [0.1, 0.15) is 111 Å². The molecule has 0 bridgehead atoms. The van der Waals surface area contributed by atoms with Crippen molar-refractivity contribution in [3.05, 3.63) is 144 Å². The Hall–Kier alpha value is -10.1. The van der Waals surface area contributed by atoms with Crippen molar-refractivity contribution in [1.29, 1.82) is 0 Å². The number of fused-ring (bicyclic) bond motifs is 2. The fourth-order valence-corrected chi connectivity index (χ4v) is 10.5. The Morgan fingerprint density at radius 1 is 0.368 bits per heavy atom. The summed E-state index contributed by atoms with van der Waals surface area (Å²) in [5.74, 6) is -7.69. The molecule has 2 heterocycles. The average molecular weight is 1310 g/mol. The Kier molecular flexibility index (Phi) is 27.0. The van der Waals surface area contributed by atoms with Crippen LogP contribution in [-0.2, 0) is 83.1 Å². The summed E-state index contributed by atoms with van der Waals surface area (Å²) < 4.78 is 10.4. The van der Waals surface area contributed by atoms with Crippen LogP contribution in [0.3, 0.4) is 0 Å². The van der Waals surface area contributed by atoms with Gasteiger partial charge < -0.3 is 72.6 Å². The van der Waals surface area contributed by atoms with Gasteiger partial charge in [-0.1, -0.05) is 125 Å². The third-order valence-corrected chi connectivity index (χ3v) is 15.5. The van der Waals surface area contributed by atoms with E-state index in [1.54, 1.807) is 87.8 Å². The first kappa shape index (κ1) is 74.0. The molecule has 0 fully saturated rings. The smallest absolute Gasteiger partial charge is 0.408 e. The van der Waals surface area contributed by atoms with Crippen molar-refractivity contribution in [3.8, 4) is 0 Å². The standard InChI is InChI=1S/C70H92N12O13/c1-39(2)31-53(78-60(84)42(6)76-66(90)57(82-69(93)95-70(9,10)11)36-48-38-72-52-30-22-20-28-50(48)52)63(87)73-43(7)61(85)79-55(33-45-23-15-13-16-24-45)67(91)80-56(35-47-37-71-51-29-21-19-27-49(47)51)65(89)75-41(5)59(83)77-54(32-40(3)4)64(88)74-44(8)62(86)81-58(68(92)94-12)34-46-25-17-14-18-26-46/h13-30,37-44,53-58,71-72H,31-36H2,1-12H3,(H,73,87)(H,74,88)(H,75,89)(H,76,90)(H,77,83)(H,78,84)(H,79,85)(H,80,91)(H,81,86)(H,82,93)/t41-,42-,43-,44-,53-,54-,55-,56-,57-,58-/m0/s1. The molecular weight excluding hydrogens is 1220 g/mol. The van der Waals surface area contributed by atoms with Crippen LogP contribution in [0.5, 0.6) is 0 Å². The fraction of sp³-hybridized carbons (Fsp3) is 0.443. The number of hydrogen-bond donors (Lipinski definition) is 12. The first-order valence-corrected chi connectivity index (χ1v) is 32.0. The van der Waals surface area contributed by atoms with Crippen molar-refractivity contribution in [2.24, 2.45) is 11.8 Å². The molecule has 95 heavy (non-hydrogen) atoms. The van der Waals surface area contributed by atoms with Gasteiger partial charge in [0.1, 0.15) is 66.0 Å². The van der Waals surface area contributed by atoms with E-state index >= 15 is 0 Å². The quantitative estimate of drug-likeness (QED) is 0.0259. The van der Waals surface area contributed by atoms with E-state index in [4.69, 9.17) is 9.47 Å². The second kappa shape index (κ2) is 34.7. The van der Waals surface area contributed by atoms with Gasteiger partial charge >= 0.3 is 12.1 Å². The molecule has 0 spiro atoms. The Morgan fingerprint density at radius 3 is 1.05 bits per heavy atom.